The van der Waals surface area contributed by atoms with E-state index >= 15 is 0 Å². The molecule has 4 aromatic rings. The number of carbonyl (C=O) groups excluding carboxylic acids is 2. The van der Waals surface area contributed by atoms with Gasteiger partial charge in [0.05, 0.1) is 30.4 Å². The van der Waals surface area contributed by atoms with Crippen molar-refractivity contribution in [2.75, 3.05) is 12.4 Å². The van der Waals surface area contributed by atoms with Gasteiger partial charge in [0.1, 0.15) is 5.75 Å². The highest BCUT2D eigenvalue weighted by atomic mass is 35.5. The fourth-order valence-corrected chi connectivity index (χ4v) is 3.89. The van der Waals surface area contributed by atoms with E-state index in [1.165, 1.54) is 0 Å². The zero-order valence-electron chi connectivity index (χ0n) is 18.0. The molecule has 2 aromatic carbocycles. The Morgan fingerprint density at radius 2 is 1.84 bits per heavy atom. The van der Waals surface area contributed by atoms with Crippen LogP contribution in [0.3, 0.4) is 0 Å². The van der Waals surface area contributed by atoms with E-state index in [4.69, 9.17) is 16.3 Å². The van der Waals surface area contributed by atoms with Crippen LogP contribution in [-0.4, -0.2) is 28.5 Å². The van der Waals surface area contributed by atoms with Gasteiger partial charge in [-0.2, -0.15) is 0 Å². The van der Waals surface area contributed by atoms with Crippen molar-refractivity contribution in [1.82, 2.24) is 9.55 Å². The maximum Gasteiger partial charge on any atom is 0.262 e. The van der Waals surface area contributed by atoms with Gasteiger partial charge < -0.3 is 10.1 Å². The van der Waals surface area contributed by atoms with Crippen LogP contribution < -0.4 is 10.1 Å². The van der Waals surface area contributed by atoms with Crippen molar-refractivity contribution in [3.8, 4) is 5.75 Å². The van der Waals surface area contributed by atoms with E-state index in [0.717, 1.165) is 16.6 Å². The molecular formula is C25H22ClN3O3. The Morgan fingerprint density at radius 3 is 2.53 bits per heavy atom. The molecule has 1 amide bonds. The number of nitrogens with zero attached hydrogens (tertiary/aromatic N) is 2. The Balaban J connectivity index is 1.77. The number of halogens is 1. The minimum absolute atomic E-state index is 0.102. The van der Waals surface area contributed by atoms with Crippen LogP contribution in [0.2, 0.25) is 5.02 Å². The molecule has 2 heterocycles. The van der Waals surface area contributed by atoms with Gasteiger partial charge in [0.25, 0.3) is 5.91 Å². The number of amides is 1. The van der Waals surface area contributed by atoms with Gasteiger partial charge in [0, 0.05) is 27.9 Å². The van der Waals surface area contributed by atoms with E-state index < -0.39 is 0 Å². The summed E-state index contributed by atoms with van der Waals surface area (Å²) in [6.07, 6.45) is 1.78. The van der Waals surface area contributed by atoms with Gasteiger partial charge in [-0.05, 0) is 74.0 Å². The molecule has 0 bridgehead atoms. The summed E-state index contributed by atoms with van der Waals surface area (Å²) in [5.41, 5.74) is 4.08. The fourth-order valence-electron chi connectivity index (χ4n) is 3.77. The largest absolute Gasteiger partial charge is 0.497 e. The first-order valence-electron chi connectivity index (χ1n) is 10.1. The molecule has 1 N–H and O–H groups in total. The molecule has 0 fully saturated rings. The van der Waals surface area contributed by atoms with E-state index in [1.807, 2.05) is 32.0 Å². The lowest BCUT2D eigenvalue weighted by atomic mass is 10.1. The second-order valence-electron chi connectivity index (χ2n) is 7.46. The average molecular weight is 448 g/mol. The van der Waals surface area contributed by atoms with Crippen LogP contribution >= 0.6 is 11.6 Å². The van der Waals surface area contributed by atoms with Gasteiger partial charge in [-0.1, -0.05) is 11.6 Å². The molecule has 0 spiro atoms. The highest BCUT2D eigenvalue weighted by Crippen LogP contribution is 2.31. The molecule has 7 heteroatoms. The monoisotopic (exact) mass is 447 g/mol. The van der Waals surface area contributed by atoms with Gasteiger partial charge in [0.2, 0.25) is 5.91 Å². The van der Waals surface area contributed by atoms with Gasteiger partial charge in [-0.3, -0.25) is 19.1 Å². The second-order valence-corrected chi connectivity index (χ2v) is 7.89. The van der Waals surface area contributed by atoms with Crippen LogP contribution in [0.25, 0.3) is 10.9 Å². The molecule has 0 radical (unpaired) electrons. The predicted molar refractivity (Wildman–Crippen MR) is 126 cm³/mol. The van der Waals surface area contributed by atoms with Crippen LogP contribution in [0.4, 0.5) is 5.69 Å². The third-order valence-electron chi connectivity index (χ3n) is 5.45. The third-order valence-corrected chi connectivity index (χ3v) is 5.71. The minimum atomic E-state index is -0.191. The number of rotatable bonds is 5. The molecule has 0 unspecified atom stereocenters. The Kier molecular flexibility index (Phi) is 5.97. The predicted octanol–water partition coefficient (Wildman–Crippen LogP) is 5.18. The molecule has 4 rings (SSSR count). The highest BCUT2D eigenvalue weighted by Gasteiger charge is 2.22. The lowest BCUT2D eigenvalue weighted by Crippen LogP contribution is -2.17. The number of hydrogen-bond donors (Lipinski definition) is 1. The van der Waals surface area contributed by atoms with Gasteiger partial charge in [0.15, 0.2) is 0 Å². The lowest BCUT2D eigenvalue weighted by molar-refractivity contribution is -0.115. The van der Waals surface area contributed by atoms with E-state index in [9.17, 15) is 9.59 Å². The number of anilines is 1. The lowest BCUT2D eigenvalue weighted by Gasteiger charge is -2.09. The average Bonchev–Trinajstić information content (AvgIpc) is 3.06. The molecule has 0 saturated heterocycles. The Morgan fingerprint density at radius 1 is 1.09 bits per heavy atom. The van der Waals surface area contributed by atoms with Gasteiger partial charge in [-0.15, -0.1) is 0 Å². The van der Waals surface area contributed by atoms with Crippen molar-refractivity contribution >= 4 is 40.0 Å². The van der Waals surface area contributed by atoms with E-state index in [0.29, 0.717) is 33.2 Å². The minimum Gasteiger partial charge on any atom is -0.497 e. The van der Waals surface area contributed by atoms with Crippen molar-refractivity contribution in [2.24, 2.45) is 0 Å². The normalized spacial score (nSPS) is 10.9. The van der Waals surface area contributed by atoms with Crippen LogP contribution in [0, 0.1) is 13.8 Å². The van der Waals surface area contributed by atoms with E-state index in [1.54, 1.807) is 54.3 Å². The number of aromatic nitrogens is 2. The summed E-state index contributed by atoms with van der Waals surface area (Å²) in [6.45, 7) is 3.68. The molecule has 0 aliphatic carbocycles. The van der Waals surface area contributed by atoms with Crippen LogP contribution in [0.1, 0.15) is 27.3 Å². The van der Waals surface area contributed by atoms with Crippen molar-refractivity contribution in [1.29, 1.82) is 0 Å². The quantitative estimate of drug-likeness (QED) is 0.457. The number of aryl methyl sites for hydroxylation is 1. The number of nitrogens with one attached hydrogen (secondary N) is 1. The molecule has 6 nitrogen and oxygen atoms in total. The number of hydrogen-bond acceptors (Lipinski definition) is 4. The molecule has 0 aliphatic heterocycles. The summed E-state index contributed by atoms with van der Waals surface area (Å²) < 4.78 is 7.02. The standard InChI is InChI=1S/C25H22ClN3O3/c1-15-22(5-4-12-27-15)28-24(30)14-20-16(2)29(23-11-10-19(32-3)13-21(20)23)25(31)17-6-8-18(26)9-7-17/h4-13H,14H2,1-3H3,(H,28,30). The Bertz CT molecular complexity index is 1330. The number of benzene rings is 2. The highest BCUT2D eigenvalue weighted by molar-refractivity contribution is 6.30. The fraction of sp³-hybridized carbons (Fsp3) is 0.160. The zero-order chi connectivity index (χ0) is 22.8. The third kappa shape index (κ3) is 4.09. The first kappa shape index (κ1) is 21.6. The smallest absolute Gasteiger partial charge is 0.262 e. The van der Waals surface area contributed by atoms with Crippen molar-refractivity contribution in [3.63, 3.8) is 0 Å². The number of methoxy groups -OCH3 is 1. The summed E-state index contributed by atoms with van der Waals surface area (Å²) >= 11 is 5.98. The van der Waals surface area contributed by atoms with Crippen LogP contribution in [0.15, 0.2) is 60.8 Å². The second kappa shape index (κ2) is 8.85. The molecular weight excluding hydrogens is 426 g/mol. The molecule has 2 aromatic heterocycles. The maximum atomic E-state index is 13.4. The van der Waals surface area contributed by atoms with Crippen molar-refractivity contribution in [3.05, 3.63) is 88.3 Å². The summed E-state index contributed by atoms with van der Waals surface area (Å²) in [4.78, 5) is 30.5. The first-order chi connectivity index (χ1) is 15.4. The number of fused-ring (bicyclic) bond motifs is 1. The zero-order valence-corrected chi connectivity index (χ0v) is 18.7. The molecule has 32 heavy (non-hydrogen) atoms. The van der Waals surface area contributed by atoms with E-state index in [-0.39, 0.29) is 18.2 Å². The topological polar surface area (TPSA) is 73.2 Å². The Labute approximate surface area is 190 Å². The first-order valence-corrected chi connectivity index (χ1v) is 10.5. The van der Waals surface area contributed by atoms with Crippen LogP contribution in [0.5, 0.6) is 5.75 Å². The Hall–Kier alpha value is -3.64. The molecule has 0 atom stereocenters. The van der Waals surface area contributed by atoms with Gasteiger partial charge >= 0.3 is 0 Å². The number of pyridine rings is 1. The molecule has 162 valence electrons. The van der Waals surface area contributed by atoms with Crippen molar-refractivity contribution < 1.29 is 14.3 Å². The van der Waals surface area contributed by atoms with Gasteiger partial charge in [-0.25, -0.2) is 0 Å². The van der Waals surface area contributed by atoms with Crippen molar-refractivity contribution in [2.45, 2.75) is 20.3 Å². The maximum absolute atomic E-state index is 13.4. The summed E-state index contributed by atoms with van der Waals surface area (Å²) in [5, 5.41) is 4.27. The number of ether oxygens (including phenoxy) is 1. The summed E-state index contributed by atoms with van der Waals surface area (Å²) in [6, 6.07) is 15.8. The summed E-state index contributed by atoms with van der Waals surface area (Å²) in [5.74, 6) is 0.271. The SMILES string of the molecule is COc1ccc2c(c1)c(CC(=O)Nc1cccnc1C)c(C)n2C(=O)c1ccc(Cl)cc1. The summed E-state index contributed by atoms with van der Waals surface area (Å²) in [7, 11) is 1.58. The van der Waals surface area contributed by atoms with Crippen LogP contribution in [-0.2, 0) is 11.2 Å². The van der Waals surface area contributed by atoms with E-state index in [2.05, 4.69) is 10.3 Å². The number of carbonyl (C=O) groups is 2. The molecule has 0 saturated carbocycles. The molecule has 0 aliphatic rings.